The van der Waals surface area contributed by atoms with Crippen molar-refractivity contribution in [1.82, 2.24) is 4.90 Å². The maximum Gasteiger partial charge on any atom is 0.247 e. The molecule has 5 heteroatoms. The van der Waals surface area contributed by atoms with E-state index in [2.05, 4.69) is 5.32 Å². The molecule has 1 aromatic carbocycles. The van der Waals surface area contributed by atoms with Gasteiger partial charge in [-0.05, 0) is 25.0 Å². The van der Waals surface area contributed by atoms with E-state index in [4.69, 9.17) is 11.1 Å². The van der Waals surface area contributed by atoms with Crippen LogP contribution < -0.4 is 11.1 Å². The Bertz CT molecular complexity index is 418. The van der Waals surface area contributed by atoms with E-state index in [0.29, 0.717) is 6.54 Å². The predicted molar refractivity (Wildman–Crippen MR) is 66.7 cm³/mol. The number of hydrogen-bond acceptors (Lipinski definition) is 2. The number of guanidine groups is 1. The zero-order chi connectivity index (χ0) is 12.3. The molecule has 5 nitrogen and oxygen atoms in total. The van der Waals surface area contributed by atoms with E-state index in [1.165, 1.54) is 0 Å². The third kappa shape index (κ3) is 2.55. The van der Waals surface area contributed by atoms with Crippen molar-refractivity contribution in [2.75, 3.05) is 11.9 Å². The number of nitrogens with one attached hydrogen (secondary N) is 2. The summed E-state index contributed by atoms with van der Waals surface area (Å²) in [5.41, 5.74) is 6.22. The van der Waals surface area contributed by atoms with Crippen molar-refractivity contribution >= 4 is 17.6 Å². The molecule has 1 aliphatic heterocycles. The minimum absolute atomic E-state index is 0.0317. The van der Waals surface area contributed by atoms with E-state index in [1.807, 2.05) is 30.3 Å². The first-order chi connectivity index (χ1) is 8.18. The van der Waals surface area contributed by atoms with Crippen LogP contribution in [0.2, 0.25) is 0 Å². The first kappa shape index (κ1) is 11.4. The van der Waals surface area contributed by atoms with Gasteiger partial charge in [-0.2, -0.15) is 0 Å². The molecule has 1 heterocycles. The summed E-state index contributed by atoms with van der Waals surface area (Å²) < 4.78 is 0. The predicted octanol–water partition coefficient (Wildman–Crippen LogP) is 0.983. The van der Waals surface area contributed by atoms with Crippen molar-refractivity contribution in [2.24, 2.45) is 5.73 Å². The van der Waals surface area contributed by atoms with Crippen molar-refractivity contribution in [3.8, 4) is 0 Å². The van der Waals surface area contributed by atoms with Crippen LogP contribution >= 0.6 is 0 Å². The Morgan fingerprint density at radius 1 is 1.41 bits per heavy atom. The Morgan fingerprint density at radius 3 is 2.76 bits per heavy atom. The lowest BCUT2D eigenvalue weighted by Crippen LogP contribution is -2.46. The lowest BCUT2D eigenvalue weighted by atomic mass is 10.2. The highest BCUT2D eigenvalue weighted by Gasteiger charge is 2.31. The molecule has 2 rings (SSSR count). The van der Waals surface area contributed by atoms with Crippen LogP contribution in [0.1, 0.15) is 12.8 Å². The van der Waals surface area contributed by atoms with Gasteiger partial charge in [0.1, 0.15) is 6.04 Å². The van der Waals surface area contributed by atoms with Gasteiger partial charge in [-0.15, -0.1) is 0 Å². The van der Waals surface area contributed by atoms with Gasteiger partial charge >= 0.3 is 0 Å². The zero-order valence-electron chi connectivity index (χ0n) is 9.52. The van der Waals surface area contributed by atoms with Crippen LogP contribution in [-0.2, 0) is 4.79 Å². The molecule has 17 heavy (non-hydrogen) atoms. The van der Waals surface area contributed by atoms with Crippen molar-refractivity contribution in [1.29, 1.82) is 5.41 Å². The van der Waals surface area contributed by atoms with Crippen LogP contribution in [0, 0.1) is 5.41 Å². The quantitative estimate of drug-likeness (QED) is 0.525. The van der Waals surface area contributed by atoms with Gasteiger partial charge in [0.05, 0.1) is 0 Å². The molecule has 1 saturated heterocycles. The molecule has 1 amide bonds. The second kappa shape index (κ2) is 4.86. The van der Waals surface area contributed by atoms with Gasteiger partial charge in [-0.1, -0.05) is 18.2 Å². The second-order valence-electron chi connectivity index (χ2n) is 4.09. The summed E-state index contributed by atoms with van der Waals surface area (Å²) in [6.07, 6.45) is 1.64. The summed E-state index contributed by atoms with van der Waals surface area (Å²) >= 11 is 0. The number of rotatable bonds is 2. The van der Waals surface area contributed by atoms with Crippen LogP contribution in [0.4, 0.5) is 5.69 Å². The largest absolute Gasteiger partial charge is 0.370 e. The number of anilines is 1. The summed E-state index contributed by atoms with van der Waals surface area (Å²) in [4.78, 5) is 13.7. The van der Waals surface area contributed by atoms with Gasteiger partial charge in [0, 0.05) is 12.2 Å². The van der Waals surface area contributed by atoms with E-state index in [1.54, 1.807) is 4.90 Å². The number of carbonyl (C=O) groups excluding carboxylic acids is 1. The number of nitrogens with zero attached hydrogens (tertiary/aromatic N) is 1. The topological polar surface area (TPSA) is 82.2 Å². The number of likely N-dealkylation sites (tertiary alicyclic amines) is 1. The van der Waals surface area contributed by atoms with Gasteiger partial charge in [-0.25, -0.2) is 0 Å². The molecule has 0 aliphatic carbocycles. The van der Waals surface area contributed by atoms with Gasteiger partial charge in [0.15, 0.2) is 5.96 Å². The molecule has 1 aliphatic rings. The second-order valence-corrected chi connectivity index (χ2v) is 4.09. The fraction of sp³-hybridized carbons (Fsp3) is 0.333. The van der Waals surface area contributed by atoms with Crippen molar-refractivity contribution in [3.63, 3.8) is 0 Å². The fourth-order valence-electron chi connectivity index (χ4n) is 2.07. The van der Waals surface area contributed by atoms with Crippen LogP contribution in [0.15, 0.2) is 30.3 Å². The summed E-state index contributed by atoms with van der Waals surface area (Å²) in [5.74, 6) is -0.125. The maximum absolute atomic E-state index is 12.0. The van der Waals surface area contributed by atoms with E-state index in [-0.39, 0.29) is 17.9 Å². The molecule has 0 aromatic heterocycles. The lowest BCUT2D eigenvalue weighted by Gasteiger charge is -2.23. The number of para-hydroxylation sites is 1. The monoisotopic (exact) mass is 232 g/mol. The van der Waals surface area contributed by atoms with Crippen molar-refractivity contribution in [3.05, 3.63) is 30.3 Å². The number of benzene rings is 1. The van der Waals surface area contributed by atoms with Gasteiger partial charge in [0.2, 0.25) is 5.91 Å². The molecular formula is C12H16N4O. The normalized spacial score (nSPS) is 19.1. The van der Waals surface area contributed by atoms with Crippen molar-refractivity contribution < 1.29 is 4.79 Å². The highest BCUT2D eigenvalue weighted by molar-refractivity contribution is 5.97. The molecule has 0 radical (unpaired) electrons. The summed E-state index contributed by atoms with van der Waals surface area (Å²) in [5, 5.41) is 10.3. The van der Waals surface area contributed by atoms with Gasteiger partial charge in [0.25, 0.3) is 0 Å². The van der Waals surface area contributed by atoms with E-state index >= 15 is 0 Å². The Labute approximate surface area is 100 Å². The third-order valence-corrected chi connectivity index (χ3v) is 2.91. The van der Waals surface area contributed by atoms with Crippen LogP contribution in [0.3, 0.4) is 0 Å². The Balaban J connectivity index is 2.03. The Morgan fingerprint density at radius 2 is 2.12 bits per heavy atom. The average Bonchev–Trinajstić information content (AvgIpc) is 2.79. The highest BCUT2D eigenvalue weighted by Crippen LogP contribution is 2.18. The summed E-state index contributed by atoms with van der Waals surface area (Å²) in [6.45, 7) is 0.683. The number of hydrogen-bond donors (Lipinski definition) is 3. The molecule has 0 bridgehead atoms. The Hall–Kier alpha value is -2.04. The molecule has 0 saturated carbocycles. The molecule has 1 aromatic rings. The SMILES string of the molecule is N=C(N)N1CCCC1C(=O)Nc1ccccc1. The zero-order valence-corrected chi connectivity index (χ0v) is 9.52. The molecule has 1 fully saturated rings. The van der Waals surface area contributed by atoms with Crippen LogP contribution in [-0.4, -0.2) is 29.4 Å². The first-order valence-corrected chi connectivity index (χ1v) is 5.65. The first-order valence-electron chi connectivity index (χ1n) is 5.65. The molecular weight excluding hydrogens is 216 g/mol. The van der Waals surface area contributed by atoms with E-state index in [9.17, 15) is 4.79 Å². The van der Waals surface area contributed by atoms with Crippen molar-refractivity contribution in [2.45, 2.75) is 18.9 Å². The smallest absolute Gasteiger partial charge is 0.247 e. The fourth-order valence-corrected chi connectivity index (χ4v) is 2.07. The molecule has 1 unspecified atom stereocenters. The maximum atomic E-state index is 12.0. The molecule has 90 valence electrons. The number of nitrogens with two attached hydrogens (primary N) is 1. The van der Waals surface area contributed by atoms with Gasteiger partial charge in [-0.3, -0.25) is 10.2 Å². The third-order valence-electron chi connectivity index (χ3n) is 2.91. The van der Waals surface area contributed by atoms with E-state index in [0.717, 1.165) is 18.5 Å². The van der Waals surface area contributed by atoms with E-state index < -0.39 is 0 Å². The average molecular weight is 232 g/mol. The van der Waals surface area contributed by atoms with Gasteiger partial charge < -0.3 is 16.0 Å². The highest BCUT2D eigenvalue weighted by atomic mass is 16.2. The minimum atomic E-state index is -0.312. The summed E-state index contributed by atoms with van der Waals surface area (Å²) in [6, 6.07) is 9.00. The minimum Gasteiger partial charge on any atom is -0.370 e. The molecule has 0 spiro atoms. The molecule has 1 atom stereocenters. The standard InChI is InChI=1S/C12H16N4O/c13-12(14)16-8-4-7-10(16)11(17)15-9-5-2-1-3-6-9/h1-3,5-6,10H,4,7-8H2,(H3,13,14)(H,15,17). The van der Waals surface area contributed by atoms with Crippen LogP contribution in [0.5, 0.6) is 0 Å². The number of amides is 1. The Kier molecular flexibility index (Phi) is 3.27. The molecule has 4 N–H and O–H groups in total. The van der Waals surface area contributed by atoms with Crippen LogP contribution in [0.25, 0.3) is 0 Å². The summed E-state index contributed by atoms with van der Waals surface area (Å²) in [7, 11) is 0. The number of carbonyl (C=O) groups is 1. The lowest BCUT2D eigenvalue weighted by molar-refractivity contribution is -0.119.